The fraction of sp³-hybridized carbons (Fsp3) is 0.333. The van der Waals surface area contributed by atoms with Gasteiger partial charge in [-0.1, -0.05) is 24.3 Å². The molecular weight excluding hydrogens is 492 g/mol. The second-order valence-corrected chi connectivity index (χ2v) is 9.20. The van der Waals surface area contributed by atoms with Gasteiger partial charge in [-0.3, -0.25) is 28.9 Å². The number of carbonyl (C=O) groups excluding carboxylic acids is 5. The number of fused-ring (bicyclic) bond motifs is 1. The summed E-state index contributed by atoms with van der Waals surface area (Å²) >= 11 is 0. The zero-order chi connectivity index (χ0) is 28.1. The number of amides is 4. The lowest BCUT2D eigenvalue weighted by Crippen LogP contribution is -2.54. The topological polar surface area (TPSA) is 144 Å². The first-order chi connectivity index (χ1) is 17.9. The minimum absolute atomic E-state index is 0.168. The zero-order valence-corrected chi connectivity index (χ0v) is 21.6. The number of carboxylic acid groups (broad SMARTS) is 1. The highest BCUT2D eigenvalue weighted by molar-refractivity contribution is 6.11. The van der Waals surface area contributed by atoms with Crippen LogP contribution in [0.15, 0.2) is 42.5 Å². The molecule has 11 nitrogen and oxygen atoms in total. The van der Waals surface area contributed by atoms with Gasteiger partial charge in [0.15, 0.2) is 0 Å². The van der Waals surface area contributed by atoms with Gasteiger partial charge in [0.1, 0.15) is 18.9 Å². The lowest BCUT2D eigenvalue weighted by Gasteiger charge is -2.30. The van der Waals surface area contributed by atoms with E-state index in [4.69, 9.17) is 5.11 Å². The normalized spacial score (nSPS) is 15.7. The first kappa shape index (κ1) is 28.0. The molecule has 2 aromatic carbocycles. The van der Waals surface area contributed by atoms with Crippen LogP contribution < -0.4 is 15.1 Å². The molecule has 1 aliphatic rings. The van der Waals surface area contributed by atoms with E-state index in [0.29, 0.717) is 28.8 Å². The third-order valence-corrected chi connectivity index (χ3v) is 6.36. The monoisotopic (exact) mass is 522 g/mol. The Balaban J connectivity index is 2.06. The Bertz CT molecular complexity index is 1280. The molecule has 0 aromatic heterocycles. The number of carboxylic acids is 1. The number of carbonyl (C=O) groups is 6. The highest BCUT2D eigenvalue weighted by Gasteiger charge is 2.39. The van der Waals surface area contributed by atoms with Gasteiger partial charge < -0.3 is 25.0 Å². The van der Waals surface area contributed by atoms with Crippen LogP contribution in [0, 0.1) is 13.8 Å². The quantitative estimate of drug-likeness (QED) is 0.497. The van der Waals surface area contributed by atoms with E-state index in [9.17, 15) is 28.8 Å². The second kappa shape index (κ2) is 11.7. The van der Waals surface area contributed by atoms with Crippen LogP contribution in [-0.4, -0.2) is 78.1 Å². The Morgan fingerprint density at radius 3 is 2.39 bits per heavy atom. The van der Waals surface area contributed by atoms with Crippen molar-refractivity contribution in [2.24, 2.45) is 0 Å². The summed E-state index contributed by atoms with van der Waals surface area (Å²) in [4.78, 5) is 79.0. The number of aliphatic carboxylic acids is 1. The van der Waals surface area contributed by atoms with E-state index in [-0.39, 0.29) is 12.5 Å². The highest BCUT2D eigenvalue weighted by Crippen LogP contribution is 2.37. The van der Waals surface area contributed by atoms with Gasteiger partial charge in [0.25, 0.3) is 11.8 Å². The largest absolute Gasteiger partial charge is 0.481 e. The van der Waals surface area contributed by atoms with E-state index in [1.165, 1.54) is 23.8 Å². The Labute approximate surface area is 220 Å². The van der Waals surface area contributed by atoms with Crippen molar-refractivity contribution in [3.8, 4) is 0 Å². The van der Waals surface area contributed by atoms with Crippen molar-refractivity contribution in [2.45, 2.75) is 39.3 Å². The summed E-state index contributed by atoms with van der Waals surface area (Å²) in [6.45, 7) is 4.20. The van der Waals surface area contributed by atoms with Crippen LogP contribution >= 0.6 is 0 Å². The number of rotatable bonds is 8. The first-order valence-electron chi connectivity index (χ1n) is 11.9. The predicted molar refractivity (Wildman–Crippen MR) is 139 cm³/mol. The molecule has 4 amide bonds. The van der Waals surface area contributed by atoms with Crippen molar-refractivity contribution in [1.29, 1.82) is 0 Å². The summed E-state index contributed by atoms with van der Waals surface area (Å²) in [5.74, 6) is -3.47. The maximum Gasteiger partial charge on any atom is 0.305 e. The standard InChI is InChI=1S/C27H30N4O7/c1-16-10-17(2)25-22(11-16)30(18(3)33)13-21(28-26(37)19-8-6-5-7-9-19)27(38)31(25)14-23(34)29(4)20(15-32)12-24(35)36/h5-11,15,20-21H,12-14H2,1-4H3,(H,28,37)(H,35,36)/t20-,21-/m0/s1. The molecule has 0 aliphatic carbocycles. The molecule has 11 heteroatoms. The van der Waals surface area contributed by atoms with Gasteiger partial charge in [0.2, 0.25) is 11.8 Å². The number of benzene rings is 2. The summed E-state index contributed by atoms with van der Waals surface area (Å²) in [7, 11) is 1.28. The smallest absolute Gasteiger partial charge is 0.305 e. The molecule has 2 atom stereocenters. The minimum atomic E-state index is -1.26. The van der Waals surface area contributed by atoms with Crippen LogP contribution in [0.2, 0.25) is 0 Å². The molecule has 0 radical (unpaired) electrons. The molecule has 3 rings (SSSR count). The van der Waals surface area contributed by atoms with Crippen LogP contribution in [0.1, 0.15) is 34.8 Å². The van der Waals surface area contributed by atoms with E-state index in [2.05, 4.69) is 5.32 Å². The lowest BCUT2D eigenvalue weighted by atomic mass is 10.1. The molecule has 0 saturated carbocycles. The Hall–Kier alpha value is -4.54. The molecule has 38 heavy (non-hydrogen) atoms. The number of aldehydes is 1. The van der Waals surface area contributed by atoms with E-state index in [1.54, 1.807) is 49.4 Å². The van der Waals surface area contributed by atoms with Crippen LogP contribution in [0.5, 0.6) is 0 Å². The van der Waals surface area contributed by atoms with E-state index in [0.717, 1.165) is 10.5 Å². The first-order valence-corrected chi connectivity index (χ1v) is 11.9. The second-order valence-electron chi connectivity index (χ2n) is 9.20. The molecule has 2 aromatic rings. The minimum Gasteiger partial charge on any atom is -0.481 e. The number of nitrogens with zero attached hydrogens (tertiary/aromatic N) is 3. The fourth-order valence-electron chi connectivity index (χ4n) is 4.43. The van der Waals surface area contributed by atoms with Crippen LogP contribution in [0.25, 0.3) is 0 Å². The zero-order valence-electron chi connectivity index (χ0n) is 21.6. The average molecular weight is 523 g/mol. The van der Waals surface area contributed by atoms with Gasteiger partial charge in [-0.05, 0) is 43.2 Å². The number of nitrogens with one attached hydrogen (secondary N) is 1. The van der Waals surface area contributed by atoms with Gasteiger partial charge in [0, 0.05) is 19.5 Å². The molecule has 0 spiro atoms. The maximum atomic E-state index is 13.9. The summed E-state index contributed by atoms with van der Waals surface area (Å²) in [6, 6.07) is 9.35. The number of aryl methyl sites for hydroxylation is 2. The molecule has 0 fully saturated rings. The SMILES string of the molecule is CC(=O)N1C[C@H](NC(=O)c2ccccc2)C(=O)N(CC(=O)N(C)[C@H](C=O)CC(=O)O)c2c(C)cc(C)cc21. The number of hydrogen-bond donors (Lipinski definition) is 2. The Morgan fingerprint density at radius 2 is 1.82 bits per heavy atom. The van der Waals surface area contributed by atoms with Crippen molar-refractivity contribution in [2.75, 3.05) is 29.9 Å². The lowest BCUT2D eigenvalue weighted by molar-refractivity contribution is -0.142. The summed E-state index contributed by atoms with van der Waals surface area (Å²) < 4.78 is 0. The number of likely N-dealkylation sites (N-methyl/N-ethyl adjacent to an activating group) is 1. The molecule has 2 N–H and O–H groups in total. The van der Waals surface area contributed by atoms with Gasteiger partial charge in [-0.2, -0.15) is 0 Å². The van der Waals surface area contributed by atoms with Gasteiger partial charge in [0.05, 0.1) is 30.4 Å². The maximum absolute atomic E-state index is 13.9. The van der Waals surface area contributed by atoms with Gasteiger partial charge in [-0.15, -0.1) is 0 Å². The Morgan fingerprint density at radius 1 is 1.16 bits per heavy atom. The predicted octanol–water partition coefficient (Wildman–Crippen LogP) is 1.30. The number of anilines is 2. The molecular formula is C27H30N4O7. The average Bonchev–Trinajstić information content (AvgIpc) is 2.97. The molecule has 0 bridgehead atoms. The van der Waals surface area contributed by atoms with Crippen LogP contribution in [0.3, 0.4) is 0 Å². The molecule has 0 saturated heterocycles. The molecule has 1 aliphatic heterocycles. The van der Waals surface area contributed by atoms with Crippen molar-refractivity contribution in [3.05, 3.63) is 59.2 Å². The van der Waals surface area contributed by atoms with E-state index < -0.39 is 48.7 Å². The van der Waals surface area contributed by atoms with E-state index >= 15 is 0 Å². The van der Waals surface area contributed by atoms with Crippen LogP contribution in [0.4, 0.5) is 11.4 Å². The third-order valence-electron chi connectivity index (χ3n) is 6.36. The Kier molecular flexibility index (Phi) is 8.61. The van der Waals surface area contributed by atoms with E-state index in [1.807, 2.05) is 6.92 Å². The van der Waals surface area contributed by atoms with Crippen LogP contribution in [-0.2, 0) is 24.0 Å². The third kappa shape index (κ3) is 6.05. The molecule has 0 unspecified atom stereocenters. The van der Waals surface area contributed by atoms with Crippen molar-refractivity contribution < 1.29 is 33.9 Å². The summed E-state index contributed by atoms with van der Waals surface area (Å²) in [5.41, 5.74) is 2.45. The highest BCUT2D eigenvalue weighted by atomic mass is 16.4. The van der Waals surface area contributed by atoms with Crippen molar-refractivity contribution >= 4 is 47.3 Å². The van der Waals surface area contributed by atoms with Crippen molar-refractivity contribution in [3.63, 3.8) is 0 Å². The fourth-order valence-corrected chi connectivity index (χ4v) is 4.43. The molecule has 200 valence electrons. The van der Waals surface area contributed by atoms with Crippen molar-refractivity contribution in [1.82, 2.24) is 10.2 Å². The summed E-state index contributed by atoms with van der Waals surface area (Å²) in [6.07, 6.45) is -0.235. The summed E-state index contributed by atoms with van der Waals surface area (Å²) in [5, 5.41) is 11.8. The molecule has 1 heterocycles. The van der Waals surface area contributed by atoms with Gasteiger partial charge >= 0.3 is 5.97 Å². The van der Waals surface area contributed by atoms with Gasteiger partial charge in [-0.25, -0.2) is 0 Å². The number of hydrogen-bond acceptors (Lipinski definition) is 6.